The zero-order chi connectivity index (χ0) is 25.7. The number of oxime groups is 1. The normalized spacial score (nSPS) is 19.9. The van der Waals surface area contributed by atoms with E-state index >= 15 is 0 Å². The summed E-state index contributed by atoms with van der Waals surface area (Å²) in [5, 5.41) is 25.8. The summed E-state index contributed by atoms with van der Waals surface area (Å²) in [6.45, 7) is 0. The number of hydrogen-bond acceptors (Lipinski definition) is 13. The number of thiophene rings is 1. The molecule has 0 aromatic carbocycles. The van der Waals surface area contributed by atoms with Crippen molar-refractivity contribution >= 4 is 107 Å². The molecule has 5 heterocycles. The number of carboxylic acid groups (broad SMARTS) is 1. The summed E-state index contributed by atoms with van der Waals surface area (Å²) in [5.74, 6) is -2.62. The molecule has 5 N–H and O–H groups in total. The summed E-state index contributed by atoms with van der Waals surface area (Å²) in [5.41, 5.74) is 4.57. The van der Waals surface area contributed by atoms with Gasteiger partial charge in [0.05, 0.1) is 13.6 Å². The van der Waals surface area contributed by atoms with Crippen molar-refractivity contribution in [2.24, 2.45) is 5.16 Å². The number of nitrogens with two attached hydrogens (primary N) is 1. The molecule has 0 saturated carbocycles. The lowest BCUT2D eigenvalue weighted by molar-refractivity contribution is -0.150. The van der Waals surface area contributed by atoms with Crippen molar-refractivity contribution in [3.63, 3.8) is 0 Å². The number of anilines is 1. The second-order valence-corrected chi connectivity index (χ2v) is 13.3. The zero-order valence-corrected chi connectivity index (χ0v) is 22.3. The van der Waals surface area contributed by atoms with Crippen molar-refractivity contribution < 1.29 is 24.7 Å². The van der Waals surface area contributed by atoms with E-state index in [1.165, 1.54) is 40.5 Å². The van der Waals surface area contributed by atoms with Gasteiger partial charge in [0.25, 0.3) is 11.8 Å². The molecule has 186 valence electrons. The summed E-state index contributed by atoms with van der Waals surface area (Å²) >= 11 is 12.0. The number of thiazole rings is 1. The molecule has 1 fully saturated rings. The van der Waals surface area contributed by atoms with Gasteiger partial charge in [-0.25, -0.2) is 9.78 Å². The largest absolute Gasteiger partial charge is 0.477 e. The van der Waals surface area contributed by atoms with Crippen LogP contribution in [0.25, 0.3) is 9.40 Å². The Labute approximate surface area is 226 Å². The van der Waals surface area contributed by atoms with Gasteiger partial charge in [-0.3, -0.25) is 19.3 Å². The second kappa shape index (κ2) is 9.68. The van der Waals surface area contributed by atoms with E-state index in [0.717, 1.165) is 32.7 Å². The number of hydrogen-bond donors (Lipinski definition) is 4. The quantitative estimate of drug-likeness (QED) is 0.142. The van der Waals surface area contributed by atoms with Crippen LogP contribution in [0.1, 0.15) is 5.69 Å². The van der Waals surface area contributed by atoms with Crippen LogP contribution in [-0.2, 0) is 14.4 Å². The Hall–Kier alpha value is -2.63. The number of carboxylic acids is 1. The highest BCUT2D eigenvalue weighted by molar-refractivity contribution is 8.07. The molecule has 3 aromatic rings. The third kappa shape index (κ3) is 4.26. The molecule has 0 bridgehead atoms. The van der Waals surface area contributed by atoms with Crippen LogP contribution in [0.3, 0.4) is 0 Å². The second-order valence-electron chi connectivity index (χ2n) is 7.21. The molecule has 5 rings (SSSR count). The van der Waals surface area contributed by atoms with Gasteiger partial charge >= 0.3 is 5.97 Å². The molecule has 3 aromatic heterocycles. The van der Waals surface area contributed by atoms with Gasteiger partial charge in [0, 0.05) is 16.7 Å². The fraction of sp³-hybridized carbons (Fsp3) is 0.158. The molecule has 2 atom stereocenters. The molecular weight excluding hydrogens is 590 g/mol. The number of carbonyl (C=O) groups excluding carboxylic acids is 2. The molecule has 36 heavy (non-hydrogen) atoms. The molecule has 2 aliphatic heterocycles. The number of amides is 2. The third-order valence-corrected chi connectivity index (χ3v) is 11.0. The van der Waals surface area contributed by atoms with E-state index in [2.05, 4.69) is 15.5 Å². The first kappa shape index (κ1) is 25.0. The Morgan fingerprint density at radius 3 is 2.78 bits per heavy atom. The monoisotopic (exact) mass is 601 g/mol. The number of carbonyl (C=O) groups is 3. The van der Waals surface area contributed by atoms with Crippen molar-refractivity contribution in [3.05, 3.63) is 48.4 Å². The summed E-state index contributed by atoms with van der Waals surface area (Å²) in [6, 6.07) is 2.23. The predicted molar refractivity (Wildman–Crippen MR) is 141 cm³/mol. The lowest BCUT2D eigenvalue weighted by Gasteiger charge is -2.49. The highest BCUT2D eigenvalue weighted by Crippen LogP contribution is 2.46. The summed E-state index contributed by atoms with van der Waals surface area (Å²) < 4.78 is 2.09. The summed E-state index contributed by atoms with van der Waals surface area (Å²) in [6.07, 6.45) is 0. The van der Waals surface area contributed by atoms with Gasteiger partial charge in [0.1, 0.15) is 27.1 Å². The minimum Gasteiger partial charge on any atom is -0.477 e. The number of aliphatic carboxylic acids is 1. The van der Waals surface area contributed by atoms with Gasteiger partial charge in [0.2, 0.25) is 0 Å². The molecule has 2 aliphatic rings. The van der Waals surface area contributed by atoms with E-state index in [4.69, 9.17) is 17.3 Å². The van der Waals surface area contributed by atoms with Crippen LogP contribution in [-0.4, -0.2) is 60.9 Å². The summed E-state index contributed by atoms with van der Waals surface area (Å²) in [7, 11) is 0. The van der Waals surface area contributed by atoms with Crippen LogP contribution in [0.5, 0.6) is 0 Å². The van der Waals surface area contributed by atoms with Crippen molar-refractivity contribution in [1.29, 1.82) is 0 Å². The highest BCUT2D eigenvalue weighted by Gasteiger charge is 2.54. The number of rotatable bonds is 6. The number of β-lactam (4-membered cyclic amide) rings is 1. The number of fused-ring (bicyclic) bond motifs is 2. The first-order valence-corrected chi connectivity index (χ1v) is 14.5. The number of nitrogens with zero attached hydrogens (tertiary/aromatic N) is 3. The Kier molecular flexibility index (Phi) is 6.73. The number of thioether (sulfide) groups is 2. The standard InChI is InChI=1S/C19H12ClN5O6S5/c20-14-9(23-19(21)36-14)10(24-31)15(27)22-11-16(28)25-12(18(29)30)7(4-33-17(11)25)35-8-3-5(26)13-6(34-8)1-2-32-13/h1-3,11,17,31H,4H2,(H2,21,23)(H,22,27)(H,29,30)/b24-10+/t11?,17-/m1/s1. The van der Waals surface area contributed by atoms with Gasteiger partial charge in [-0.15, -0.1) is 34.4 Å². The molecule has 1 unspecified atom stereocenters. The lowest BCUT2D eigenvalue weighted by atomic mass is 10.0. The predicted octanol–water partition coefficient (Wildman–Crippen LogP) is 2.68. The van der Waals surface area contributed by atoms with E-state index in [1.807, 2.05) is 11.4 Å². The van der Waals surface area contributed by atoms with Crippen molar-refractivity contribution in [2.75, 3.05) is 11.5 Å². The van der Waals surface area contributed by atoms with Gasteiger partial charge in [0.15, 0.2) is 16.3 Å². The molecule has 0 radical (unpaired) electrons. The smallest absolute Gasteiger partial charge is 0.353 e. The Balaban J connectivity index is 1.38. The van der Waals surface area contributed by atoms with Crippen LogP contribution in [0.2, 0.25) is 4.34 Å². The van der Waals surface area contributed by atoms with E-state index < -0.39 is 34.9 Å². The maximum Gasteiger partial charge on any atom is 0.353 e. The maximum atomic E-state index is 12.9. The van der Waals surface area contributed by atoms with Crippen LogP contribution in [0.4, 0.5) is 5.13 Å². The van der Waals surface area contributed by atoms with Gasteiger partial charge in [-0.2, -0.15) is 0 Å². The average molecular weight is 602 g/mol. The molecule has 0 spiro atoms. The average Bonchev–Trinajstić information content (AvgIpc) is 3.43. The first-order chi connectivity index (χ1) is 17.2. The Morgan fingerprint density at radius 1 is 1.33 bits per heavy atom. The zero-order valence-electron chi connectivity index (χ0n) is 17.5. The van der Waals surface area contributed by atoms with Crippen LogP contribution >= 0.6 is 69.1 Å². The van der Waals surface area contributed by atoms with E-state index in [-0.39, 0.29) is 32.0 Å². The summed E-state index contributed by atoms with van der Waals surface area (Å²) in [4.78, 5) is 55.5. The molecule has 11 nitrogen and oxygen atoms in total. The SMILES string of the molecule is Nc1nc(/C(=N\O)C(=O)NC2C(=O)N3C(C(=O)O)=C(Sc4cc(=O)c5sccc5s4)CS[C@H]23)c(Cl)s1. The minimum absolute atomic E-state index is 0.0322. The Bertz CT molecular complexity index is 1560. The van der Waals surface area contributed by atoms with Crippen molar-refractivity contribution in [1.82, 2.24) is 15.2 Å². The number of nitrogen functional groups attached to an aromatic ring is 1. The molecule has 1 saturated heterocycles. The number of aromatic nitrogens is 1. The number of halogens is 1. The topological polar surface area (TPSA) is 175 Å². The van der Waals surface area contributed by atoms with Gasteiger partial charge in [-0.05, 0) is 11.4 Å². The number of nitrogens with one attached hydrogen (secondary N) is 1. The molecule has 17 heteroatoms. The van der Waals surface area contributed by atoms with E-state index in [1.54, 1.807) is 0 Å². The van der Waals surface area contributed by atoms with Gasteiger partial charge in [-0.1, -0.05) is 39.9 Å². The third-order valence-electron chi connectivity index (χ3n) is 5.10. The van der Waals surface area contributed by atoms with Crippen LogP contribution in [0.15, 0.2) is 42.3 Å². The molecule has 2 amide bonds. The first-order valence-electron chi connectivity index (χ1n) is 9.75. The molecule has 0 aliphatic carbocycles. The van der Waals surface area contributed by atoms with E-state index in [0.29, 0.717) is 13.8 Å². The lowest BCUT2D eigenvalue weighted by Crippen LogP contribution is -2.71. The van der Waals surface area contributed by atoms with Crippen LogP contribution in [0, 0.1) is 0 Å². The van der Waals surface area contributed by atoms with Crippen molar-refractivity contribution in [3.8, 4) is 0 Å². The highest BCUT2D eigenvalue weighted by atomic mass is 35.5. The van der Waals surface area contributed by atoms with Crippen LogP contribution < -0.4 is 16.5 Å². The van der Waals surface area contributed by atoms with Gasteiger partial charge < -0.3 is 21.4 Å². The fourth-order valence-corrected chi connectivity index (χ4v) is 9.34. The molecular formula is C19H12ClN5O6S5. The van der Waals surface area contributed by atoms with Crippen molar-refractivity contribution in [2.45, 2.75) is 15.6 Å². The fourth-order valence-electron chi connectivity index (χ4n) is 3.58. The Morgan fingerprint density at radius 2 is 2.11 bits per heavy atom. The van der Waals surface area contributed by atoms with E-state index in [9.17, 15) is 29.5 Å². The minimum atomic E-state index is -1.30. The maximum absolute atomic E-state index is 12.9.